The summed E-state index contributed by atoms with van der Waals surface area (Å²) in [7, 11) is 0. The minimum absolute atomic E-state index is 0.00801. The average Bonchev–Trinajstić information content (AvgIpc) is 2.60. The largest absolute Gasteiger partial charge is 0.387 e. The first-order chi connectivity index (χ1) is 12.2. The lowest BCUT2D eigenvalue weighted by molar-refractivity contribution is 0.0175. The van der Waals surface area contributed by atoms with Crippen molar-refractivity contribution in [1.29, 1.82) is 0 Å². The van der Waals surface area contributed by atoms with Gasteiger partial charge < -0.3 is 10.6 Å². The molecule has 0 aliphatic carbocycles. The molecule has 0 unspecified atom stereocenters. The highest BCUT2D eigenvalue weighted by atomic mass is 19.3. The molecule has 2 rings (SSSR count). The van der Waals surface area contributed by atoms with E-state index in [1.807, 2.05) is 13.8 Å². The quantitative estimate of drug-likeness (QED) is 0.490. The van der Waals surface area contributed by atoms with E-state index in [-0.39, 0.29) is 5.56 Å². The minimum Gasteiger partial charge on any atom is -0.387 e. The molecule has 2 N–H and O–H groups in total. The zero-order chi connectivity index (χ0) is 19.2. The van der Waals surface area contributed by atoms with Crippen LogP contribution in [0.25, 0.3) is 0 Å². The lowest BCUT2D eigenvalue weighted by Crippen LogP contribution is -2.16. The van der Waals surface area contributed by atoms with Gasteiger partial charge in [0, 0.05) is 24.7 Å². The first kappa shape index (κ1) is 19.6. The van der Waals surface area contributed by atoms with Gasteiger partial charge in [-0.1, -0.05) is 43.0 Å². The Morgan fingerprint density at radius 3 is 2.08 bits per heavy atom. The Morgan fingerprint density at radius 2 is 1.54 bits per heavy atom. The fourth-order valence-corrected chi connectivity index (χ4v) is 2.42. The molecule has 138 valence electrons. The highest BCUT2D eigenvalue weighted by molar-refractivity contribution is 5.76. The summed E-state index contributed by atoms with van der Waals surface area (Å²) < 4.78 is 26.4. The third kappa shape index (κ3) is 5.41. The molecule has 0 aliphatic rings. The topological polar surface area (TPSA) is 36.4 Å². The highest BCUT2D eigenvalue weighted by Crippen LogP contribution is 2.28. The third-order valence-electron chi connectivity index (χ3n) is 4.12. The van der Waals surface area contributed by atoms with E-state index in [9.17, 15) is 8.78 Å². The van der Waals surface area contributed by atoms with Crippen LogP contribution >= 0.6 is 0 Å². The van der Waals surface area contributed by atoms with Crippen LogP contribution in [-0.2, 0) is 18.0 Å². The van der Waals surface area contributed by atoms with Crippen LogP contribution in [0.4, 0.5) is 14.5 Å². The summed E-state index contributed by atoms with van der Waals surface area (Å²) in [6.07, 6.45) is 3.27. The van der Waals surface area contributed by atoms with Gasteiger partial charge >= 0.3 is 0 Å². The second kappa shape index (κ2) is 8.13. The number of rotatable bonds is 8. The molecule has 5 heteroatoms. The maximum atomic E-state index is 13.2. The van der Waals surface area contributed by atoms with Crippen molar-refractivity contribution in [3.63, 3.8) is 0 Å². The van der Waals surface area contributed by atoms with E-state index < -0.39 is 11.5 Å². The summed E-state index contributed by atoms with van der Waals surface area (Å²) in [5, 5.41) is 6.10. The number of nitrogens with one attached hydrogen (secondary N) is 2. The molecule has 3 nitrogen and oxygen atoms in total. The minimum atomic E-state index is -2.83. The molecule has 0 fully saturated rings. The Bertz CT molecular complexity index is 742. The maximum Gasteiger partial charge on any atom is 0.270 e. The third-order valence-corrected chi connectivity index (χ3v) is 4.12. The van der Waals surface area contributed by atoms with Crippen LogP contribution in [0.15, 0.2) is 66.3 Å². The summed E-state index contributed by atoms with van der Waals surface area (Å²) in [6, 6.07) is 14.3. The second-order valence-corrected chi connectivity index (χ2v) is 6.71. The van der Waals surface area contributed by atoms with E-state index in [0.29, 0.717) is 5.69 Å². The van der Waals surface area contributed by atoms with Gasteiger partial charge in [0.2, 0.25) is 0 Å². The lowest BCUT2D eigenvalue weighted by Gasteiger charge is -2.20. The number of hydrogen-bond donors (Lipinski definition) is 2. The molecule has 0 saturated heterocycles. The van der Waals surface area contributed by atoms with Gasteiger partial charge in [0.05, 0.1) is 11.9 Å². The molecule has 0 atom stereocenters. The monoisotopic (exact) mass is 357 g/mol. The number of benzene rings is 2. The fourth-order valence-electron chi connectivity index (χ4n) is 2.42. The van der Waals surface area contributed by atoms with Crippen LogP contribution in [0, 0.1) is 0 Å². The molecule has 0 bridgehead atoms. The number of anilines is 1. The van der Waals surface area contributed by atoms with Gasteiger partial charge in [-0.2, -0.15) is 0 Å². The number of nitrogens with zero attached hydrogens (tertiary/aromatic N) is 1. The van der Waals surface area contributed by atoms with E-state index in [1.54, 1.807) is 24.7 Å². The van der Waals surface area contributed by atoms with E-state index in [2.05, 4.69) is 46.5 Å². The highest BCUT2D eigenvalue weighted by Gasteiger charge is 2.23. The first-order valence-electron chi connectivity index (χ1n) is 8.45. The predicted molar refractivity (Wildman–Crippen MR) is 105 cm³/mol. The van der Waals surface area contributed by atoms with Crippen LogP contribution in [0.3, 0.4) is 0 Å². The molecule has 0 aliphatic heterocycles. The van der Waals surface area contributed by atoms with E-state index in [0.717, 1.165) is 19.0 Å². The molecule has 0 heterocycles. The van der Waals surface area contributed by atoms with Crippen LogP contribution in [0.2, 0.25) is 0 Å². The van der Waals surface area contributed by atoms with Crippen LogP contribution in [-0.4, -0.2) is 6.34 Å². The van der Waals surface area contributed by atoms with Gasteiger partial charge in [-0.05, 0) is 43.3 Å². The Labute approximate surface area is 153 Å². The maximum absolute atomic E-state index is 13.2. The summed E-state index contributed by atoms with van der Waals surface area (Å²) in [5.74, 6) is -2.83. The molecule has 0 radical (unpaired) electrons. The van der Waals surface area contributed by atoms with Crippen molar-refractivity contribution in [2.24, 2.45) is 4.99 Å². The van der Waals surface area contributed by atoms with E-state index in [1.165, 1.54) is 17.7 Å². The zero-order valence-corrected chi connectivity index (χ0v) is 15.4. The number of aliphatic imine (C=N–C) groups is 1. The Morgan fingerprint density at radius 1 is 0.962 bits per heavy atom. The zero-order valence-electron chi connectivity index (χ0n) is 15.4. The first-order valence-corrected chi connectivity index (χ1v) is 8.45. The van der Waals surface area contributed by atoms with Crippen molar-refractivity contribution >= 4 is 12.0 Å². The summed E-state index contributed by atoms with van der Waals surface area (Å²) >= 11 is 0. The standard InChI is InChI=1S/C21H25F2N3/c1-5-24-14-16-6-8-17(9-7-16)20(2,3)26-15-25-19-12-10-18(11-13-19)21(4,22)23/h5-13,15,24H,1,14H2,2-4H3,(H,25,26). The Kier molecular flexibility index (Phi) is 6.14. The fraction of sp³-hybridized carbons (Fsp3) is 0.286. The van der Waals surface area contributed by atoms with Crippen molar-refractivity contribution in [2.45, 2.75) is 38.8 Å². The Balaban J connectivity index is 2.00. The molecule has 0 spiro atoms. The normalized spacial score (nSPS) is 12.2. The number of halogens is 2. The average molecular weight is 357 g/mol. The lowest BCUT2D eigenvalue weighted by atomic mass is 9.94. The van der Waals surface area contributed by atoms with Crippen molar-refractivity contribution in [2.75, 3.05) is 5.32 Å². The van der Waals surface area contributed by atoms with Gasteiger partial charge in [-0.3, -0.25) is 4.99 Å². The van der Waals surface area contributed by atoms with Crippen LogP contribution < -0.4 is 10.6 Å². The predicted octanol–water partition coefficient (Wildman–Crippen LogP) is 5.41. The smallest absolute Gasteiger partial charge is 0.270 e. The van der Waals surface area contributed by atoms with E-state index >= 15 is 0 Å². The van der Waals surface area contributed by atoms with Crippen LogP contribution in [0.1, 0.15) is 37.5 Å². The summed E-state index contributed by atoms with van der Waals surface area (Å²) in [6.45, 7) is 9.29. The summed E-state index contributed by atoms with van der Waals surface area (Å²) in [5.41, 5.74) is 2.54. The van der Waals surface area contributed by atoms with Gasteiger partial charge in [-0.15, -0.1) is 0 Å². The van der Waals surface area contributed by atoms with Crippen molar-refractivity contribution in [3.05, 3.63) is 78.0 Å². The molecule has 0 amide bonds. The van der Waals surface area contributed by atoms with Crippen LogP contribution in [0.5, 0.6) is 0 Å². The van der Waals surface area contributed by atoms with Gasteiger partial charge in [0.25, 0.3) is 5.92 Å². The SMILES string of the molecule is C=CNCc1ccc(C(C)(C)/N=C\Nc2ccc(C(C)(F)F)cc2)cc1. The molecule has 2 aromatic carbocycles. The molecule has 26 heavy (non-hydrogen) atoms. The van der Waals surface area contributed by atoms with Crippen molar-refractivity contribution < 1.29 is 8.78 Å². The molecule has 0 saturated carbocycles. The van der Waals surface area contributed by atoms with Gasteiger partial charge in [0.15, 0.2) is 0 Å². The van der Waals surface area contributed by atoms with E-state index in [4.69, 9.17) is 0 Å². The van der Waals surface area contributed by atoms with Crippen molar-refractivity contribution in [3.8, 4) is 0 Å². The second-order valence-electron chi connectivity index (χ2n) is 6.71. The van der Waals surface area contributed by atoms with Gasteiger partial charge in [-0.25, -0.2) is 8.78 Å². The summed E-state index contributed by atoms with van der Waals surface area (Å²) in [4.78, 5) is 4.57. The van der Waals surface area contributed by atoms with Crippen molar-refractivity contribution in [1.82, 2.24) is 5.32 Å². The molecule has 0 aromatic heterocycles. The number of alkyl halides is 2. The molecular weight excluding hydrogens is 332 g/mol. The number of hydrogen-bond acceptors (Lipinski definition) is 2. The Hall–Kier alpha value is -2.69. The molecule has 2 aromatic rings. The molecular formula is C21H25F2N3. The van der Waals surface area contributed by atoms with Gasteiger partial charge in [0.1, 0.15) is 0 Å².